The summed E-state index contributed by atoms with van der Waals surface area (Å²) in [7, 11) is 0. The second-order valence-electron chi connectivity index (χ2n) is 10.5. The summed E-state index contributed by atoms with van der Waals surface area (Å²) >= 11 is 0. The summed E-state index contributed by atoms with van der Waals surface area (Å²) in [5, 5.41) is 12.0. The number of hydrogen-bond acceptors (Lipinski definition) is 3. The molecular weight excluding hydrogens is 587 g/mol. The Balaban J connectivity index is 0.000000346. The van der Waals surface area contributed by atoms with E-state index >= 15 is 0 Å². The number of hydrogen-bond donors (Lipinski definition) is 1. The Morgan fingerprint density at radius 1 is 0.939 bits per heavy atom. The van der Waals surface area contributed by atoms with Gasteiger partial charge in [0.15, 0.2) is 5.78 Å². The third-order valence-electron chi connectivity index (χ3n) is 5.32. The van der Waals surface area contributed by atoms with Crippen molar-refractivity contribution >= 4 is 16.6 Å². The molecule has 0 saturated heterocycles. The van der Waals surface area contributed by atoms with Crippen LogP contribution < -0.4 is 0 Å². The fraction of sp³-hybridized carbons (Fsp3) is 0.379. The number of carbonyl (C=O) groups is 1. The Kier molecular flexibility index (Phi) is 9.78. The second kappa shape index (κ2) is 11.2. The van der Waals surface area contributed by atoms with Crippen LogP contribution in [0.2, 0.25) is 0 Å². The van der Waals surface area contributed by atoms with Crippen LogP contribution in [0.1, 0.15) is 58.2 Å². The zero-order valence-corrected chi connectivity index (χ0v) is 23.6. The fourth-order valence-corrected chi connectivity index (χ4v) is 3.03. The first-order valence-corrected chi connectivity index (χ1v) is 11.0. The van der Waals surface area contributed by atoms with E-state index in [2.05, 4.69) is 56.1 Å². The van der Waals surface area contributed by atoms with Crippen molar-refractivity contribution in [2.24, 2.45) is 10.8 Å². The van der Waals surface area contributed by atoms with Crippen LogP contribution in [0, 0.1) is 37.7 Å². The molecule has 0 aliphatic heterocycles. The summed E-state index contributed by atoms with van der Waals surface area (Å²) < 4.78 is 0. The topological polar surface area (TPSA) is 50.2 Å². The maximum Gasteiger partial charge on any atom is 0.164 e. The van der Waals surface area contributed by atoms with Crippen LogP contribution in [0.15, 0.2) is 54.4 Å². The van der Waals surface area contributed by atoms with E-state index in [1.807, 2.05) is 59.9 Å². The van der Waals surface area contributed by atoms with Crippen molar-refractivity contribution in [3.63, 3.8) is 0 Å². The smallest absolute Gasteiger partial charge is 0.164 e. The number of aliphatic hydroxyl groups is 1. The Morgan fingerprint density at radius 3 is 2.12 bits per heavy atom. The van der Waals surface area contributed by atoms with E-state index in [0.29, 0.717) is 0 Å². The largest absolute Gasteiger partial charge is 0.512 e. The Morgan fingerprint density at radius 2 is 1.58 bits per heavy atom. The number of benzene rings is 2. The molecule has 3 aromatic rings. The third-order valence-corrected chi connectivity index (χ3v) is 5.32. The first kappa shape index (κ1) is 28.7. The summed E-state index contributed by atoms with van der Waals surface area (Å²) in [6.45, 7) is 17.4. The fourth-order valence-electron chi connectivity index (χ4n) is 3.03. The number of carbonyl (C=O) groups excluding carboxylic acids is 1. The minimum atomic E-state index is -0.417. The van der Waals surface area contributed by atoms with Gasteiger partial charge in [0.1, 0.15) is 5.76 Å². The molecule has 3 rings (SSSR count). The first-order chi connectivity index (χ1) is 14.7. The van der Waals surface area contributed by atoms with Crippen LogP contribution in [-0.4, -0.2) is 15.9 Å². The van der Waals surface area contributed by atoms with E-state index in [0.717, 1.165) is 11.3 Å². The molecule has 179 valence electrons. The number of allylic oxidation sites excluding steroid dienone is 2. The molecule has 0 saturated carbocycles. The standard InChI is InChI=1S/C18H16N.C11H20O2.Ir/c1-12-8-9-15-14(3)11-19-18(17(15)10-12)16-7-5-4-6-13(16)2;1-10(2,3)8(12)7-9(13)11(4,5)6;/h4-6,8-11H,1-3H3;7,12H,1-6H3;/q-1;;/b;8-7-;. The molecule has 33 heavy (non-hydrogen) atoms. The van der Waals surface area contributed by atoms with Crippen LogP contribution in [0.25, 0.3) is 22.0 Å². The first-order valence-electron chi connectivity index (χ1n) is 11.0. The van der Waals surface area contributed by atoms with Gasteiger partial charge in [0.25, 0.3) is 0 Å². The van der Waals surface area contributed by atoms with Crippen LogP contribution in [-0.2, 0) is 24.9 Å². The quantitative estimate of drug-likeness (QED) is 0.181. The van der Waals surface area contributed by atoms with Crippen LogP contribution in [0.3, 0.4) is 0 Å². The molecule has 1 heterocycles. The van der Waals surface area contributed by atoms with Crippen LogP contribution >= 0.6 is 0 Å². The molecule has 0 amide bonds. The molecule has 1 radical (unpaired) electrons. The monoisotopic (exact) mass is 623 g/mol. The summed E-state index contributed by atoms with van der Waals surface area (Å²) in [6.07, 6.45) is 3.28. The molecular formula is C29H36IrNO2-. The second-order valence-corrected chi connectivity index (χ2v) is 10.5. The molecule has 1 aromatic heterocycles. The van der Waals surface area contributed by atoms with Gasteiger partial charge in [0.05, 0.1) is 0 Å². The van der Waals surface area contributed by atoms with Gasteiger partial charge in [-0.05, 0) is 35.9 Å². The SMILES string of the molecule is CC(C)(C)C(=O)/C=C(\O)C(C)(C)C.Cc1ccc2c(C)cnc(-c3[c-]cccc3C)c2c1.[Ir]. The Hall–Kier alpha value is -2.29. The van der Waals surface area contributed by atoms with Gasteiger partial charge in [0.2, 0.25) is 0 Å². The normalized spacial score (nSPS) is 12.0. The van der Waals surface area contributed by atoms with E-state index < -0.39 is 5.41 Å². The molecule has 0 fully saturated rings. The van der Waals surface area contributed by atoms with Gasteiger partial charge in [-0.15, -0.1) is 35.4 Å². The van der Waals surface area contributed by atoms with Crippen molar-refractivity contribution in [1.82, 2.24) is 4.98 Å². The zero-order valence-electron chi connectivity index (χ0n) is 21.3. The number of rotatable bonds is 2. The average molecular weight is 623 g/mol. The number of fused-ring (bicyclic) bond motifs is 1. The van der Waals surface area contributed by atoms with Crippen molar-refractivity contribution < 1.29 is 30.0 Å². The van der Waals surface area contributed by atoms with Crippen molar-refractivity contribution in [3.8, 4) is 11.3 Å². The molecule has 0 atom stereocenters. The number of ketones is 1. The van der Waals surface area contributed by atoms with E-state index in [9.17, 15) is 9.90 Å². The van der Waals surface area contributed by atoms with Gasteiger partial charge < -0.3 is 10.1 Å². The van der Waals surface area contributed by atoms with Crippen molar-refractivity contribution in [2.75, 3.05) is 0 Å². The van der Waals surface area contributed by atoms with Crippen LogP contribution in [0.5, 0.6) is 0 Å². The molecule has 2 aromatic carbocycles. The number of aromatic nitrogens is 1. The van der Waals surface area contributed by atoms with E-state index in [-0.39, 0.29) is 37.1 Å². The van der Waals surface area contributed by atoms with E-state index in [4.69, 9.17) is 0 Å². The third kappa shape index (κ3) is 7.62. The summed E-state index contributed by atoms with van der Waals surface area (Å²) in [4.78, 5) is 16.1. The minimum absolute atomic E-state index is 0. The van der Waals surface area contributed by atoms with Gasteiger partial charge in [-0.25, -0.2) is 0 Å². The molecule has 0 spiro atoms. The van der Waals surface area contributed by atoms with E-state index in [1.165, 1.54) is 33.5 Å². The molecule has 3 nitrogen and oxygen atoms in total. The molecule has 0 bridgehead atoms. The number of pyridine rings is 1. The maximum atomic E-state index is 11.5. The minimum Gasteiger partial charge on any atom is -0.512 e. The number of aliphatic hydroxyl groups excluding tert-OH is 1. The van der Waals surface area contributed by atoms with Gasteiger partial charge in [-0.3, -0.25) is 4.79 Å². The molecule has 0 aliphatic rings. The average Bonchev–Trinajstić information content (AvgIpc) is 2.68. The predicted molar refractivity (Wildman–Crippen MR) is 135 cm³/mol. The number of aryl methyl sites for hydroxylation is 3. The molecule has 0 unspecified atom stereocenters. The van der Waals surface area contributed by atoms with Crippen molar-refractivity contribution in [3.05, 3.63) is 77.2 Å². The molecule has 4 heteroatoms. The Labute approximate surface area is 212 Å². The summed E-state index contributed by atoms with van der Waals surface area (Å²) in [5.74, 6) is 0.104. The van der Waals surface area contributed by atoms with Crippen molar-refractivity contribution in [1.29, 1.82) is 0 Å². The zero-order chi connectivity index (χ0) is 24.3. The van der Waals surface area contributed by atoms with Gasteiger partial charge in [-0.1, -0.05) is 72.2 Å². The van der Waals surface area contributed by atoms with E-state index in [1.54, 1.807) is 0 Å². The molecule has 1 N–H and O–H groups in total. The summed E-state index contributed by atoms with van der Waals surface area (Å²) in [6, 6.07) is 15.9. The Bertz CT molecular complexity index is 1150. The van der Waals surface area contributed by atoms with Crippen molar-refractivity contribution in [2.45, 2.75) is 62.3 Å². The van der Waals surface area contributed by atoms with Gasteiger partial charge in [-0.2, -0.15) is 0 Å². The van der Waals surface area contributed by atoms with Gasteiger partial charge >= 0.3 is 0 Å². The maximum absolute atomic E-state index is 11.5. The van der Waals surface area contributed by atoms with Gasteiger partial charge in [0, 0.05) is 43.2 Å². The molecule has 0 aliphatic carbocycles. The van der Waals surface area contributed by atoms with Crippen LogP contribution in [0.4, 0.5) is 0 Å². The summed E-state index contributed by atoms with van der Waals surface area (Å²) in [5.41, 5.74) is 5.05. The predicted octanol–water partition coefficient (Wildman–Crippen LogP) is 7.71. The number of nitrogens with zero attached hydrogens (tertiary/aromatic N) is 1.